The van der Waals surface area contributed by atoms with E-state index >= 15 is 0 Å². The van der Waals surface area contributed by atoms with Gasteiger partial charge in [-0.1, -0.05) is 0 Å². The second-order valence-corrected chi connectivity index (χ2v) is 5.85. The van der Waals surface area contributed by atoms with Crippen molar-refractivity contribution in [3.8, 4) is 0 Å². The summed E-state index contributed by atoms with van der Waals surface area (Å²) in [6, 6.07) is 3.02. The molecule has 0 saturated carbocycles. The third kappa shape index (κ3) is 2.77. The number of morpholine rings is 1. The van der Waals surface area contributed by atoms with Crippen LogP contribution in [0.15, 0.2) is 21.7 Å². The Morgan fingerprint density at radius 1 is 1.26 bits per heavy atom. The first-order chi connectivity index (χ1) is 10.9. The highest BCUT2D eigenvalue weighted by Crippen LogP contribution is 2.14. The van der Waals surface area contributed by atoms with Gasteiger partial charge in [-0.3, -0.25) is 19.1 Å². The highest BCUT2D eigenvalue weighted by molar-refractivity contribution is 5.94. The molecule has 0 aromatic carbocycles. The summed E-state index contributed by atoms with van der Waals surface area (Å²) >= 11 is 0. The minimum atomic E-state index is -0.562. The van der Waals surface area contributed by atoms with Crippen molar-refractivity contribution in [1.29, 1.82) is 0 Å². The minimum Gasteiger partial charge on any atom is -0.372 e. The zero-order valence-corrected chi connectivity index (χ0v) is 13.2. The van der Waals surface area contributed by atoms with Crippen LogP contribution < -0.4 is 11.2 Å². The molecule has 1 amide bonds. The third-order valence-electron chi connectivity index (χ3n) is 3.89. The van der Waals surface area contributed by atoms with E-state index in [1.165, 1.54) is 23.7 Å². The fourth-order valence-electron chi connectivity index (χ4n) is 2.85. The standard InChI is InChI=1S/C15H18N4O4/c1-8-6-19(7-9(2)23-8)14(21)11-5-4-10-12(16-11)18(3)15(22)17-13(10)20/h4-5,8-9H,6-7H2,1-3H3,(H,17,20,22)/t8-,9-/m0/s1. The summed E-state index contributed by atoms with van der Waals surface area (Å²) in [4.78, 5) is 44.2. The molecule has 0 radical (unpaired) electrons. The Labute approximate surface area is 131 Å². The predicted octanol–water partition coefficient (Wildman–Crippen LogP) is -0.129. The van der Waals surface area contributed by atoms with Crippen LogP contribution in [0.4, 0.5) is 0 Å². The van der Waals surface area contributed by atoms with Crippen molar-refractivity contribution < 1.29 is 9.53 Å². The van der Waals surface area contributed by atoms with Gasteiger partial charge in [0.2, 0.25) is 0 Å². The van der Waals surface area contributed by atoms with Crippen LogP contribution in [0.2, 0.25) is 0 Å². The smallest absolute Gasteiger partial charge is 0.329 e. The first-order valence-corrected chi connectivity index (χ1v) is 7.41. The number of carbonyl (C=O) groups excluding carboxylic acids is 1. The van der Waals surface area contributed by atoms with Crippen molar-refractivity contribution in [2.24, 2.45) is 7.05 Å². The monoisotopic (exact) mass is 318 g/mol. The van der Waals surface area contributed by atoms with Crippen LogP contribution in [0.3, 0.4) is 0 Å². The maximum atomic E-state index is 12.7. The van der Waals surface area contributed by atoms with E-state index in [4.69, 9.17) is 4.74 Å². The van der Waals surface area contributed by atoms with Gasteiger partial charge in [-0.05, 0) is 26.0 Å². The summed E-state index contributed by atoms with van der Waals surface area (Å²) in [7, 11) is 1.50. The van der Waals surface area contributed by atoms with Crippen LogP contribution in [0.25, 0.3) is 11.0 Å². The van der Waals surface area contributed by atoms with E-state index in [-0.39, 0.29) is 34.8 Å². The van der Waals surface area contributed by atoms with Crippen LogP contribution in [-0.4, -0.2) is 50.6 Å². The number of hydrogen-bond acceptors (Lipinski definition) is 5. The molecule has 0 unspecified atom stereocenters. The van der Waals surface area contributed by atoms with Crippen LogP contribution in [0.1, 0.15) is 24.3 Å². The molecule has 3 rings (SSSR count). The Morgan fingerprint density at radius 2 is 1.91 bits per heavy atom. The Kier molecular flexibility index (Phi) is 3.77. The zero-order chi connectivity index (χ0) is 16.7. The molecule has 2 atom stereocenters. The summed E-state index contributed by atoms with van der Waals surface area (Å²) in [5.41, 5.74) is -0.671. The van der Waals surface area contributed by atoms with E-state index in [1.54, 1.807) is 4.90 Å². The van der Waals surface area contributed by atoms with Crippen LogP contribution in [0.5, 0.6) is 0 Å². The number of nitrogens with zero attached hydrogens (tertiary/aromatic N) is 3. The molecule has 0 aliphatic carbocycles. The van der Waals surface area contributed by atoms with E-state index in [9.17, 15) is 14.4 Å². The Bertz CT molecular complexity index is 875. The molecule has 2 aromatic rings. The number of aromatic nitrogens is 3. The second kappa shape index (κ2) is 5.62. The number of pyridine rings is 1. The van der Waals surface area contributed by atoms with Gasteiger partial charge in [0.25, 0.3) is 11.5 Å². The number of aromatic amines is 1. The number of hydrogen-bond donors (Lipinski definition) is 1. The van der Waals surface area contributed by atoms with Gasteiger partial charge in [-0.15, -0.1) is 0 Å². The van der Waals surface area contributed by atoms with Gasteiger partial charge in [0.05, 0.1) is 17.6 Å². The number of H-pyrrole nitrogens is 1. The van der Waals surface area contributed by atoms with Crippen molar-refractivity contribution in [2.75, 3.05) is 13.1 Å². The number of rotatable bonds is 1. The molecule has 1 N–H and O–H groups in total. The van der Waals surface area contributed by atoms with Gasteiger partial charge in [0.1, 0.15) is 11.3 Å². The number of fused-ring (bicyclic) bond motifs is 1. The lowest BCUT2D eigenvalue weighted by Crippen LogP contribution is -2.48. The van der Waals surface area contributed by atoms with E-state index in [1.807, 2.05) is 13.8 Å². The molecule has 1 aliphatic heterocycles. The lowest BCUT2D eigenvalue weighted by atomic mass is 10.2. The Balaban J connectivity index is 2.03. The van der Waals surface area contributed by atoms with Gasteiger partial charge in [0, 0.05) is 20.1 Å². The maximum Gasteiger partial charge on any atom is 0.329 e. The molecule has 8 heteroatoms. The first-order valence-electron chi connectivity index (χ1n) is 7.41. The fourth-order valence-corrected chi connectivity index (χ4v) is 2.85. The molecular weight excluding hydrogens is 300 g/mol. The SMILES string of the molecule is C[C@H]1CN(C(=O)c2ccc3c(=O)[nH]c(=O)n(C)c3n2)C[C@H](C)O1. The van der Waals surface area contributed by atoms with E-state index in [0.29, 0.717) is 13.1 Å². The summed E-state index contributed by atoms with van der Waals surface area (Å²) in [6.07, 6.45) is -0.0919. The van der Waals surface area contributed by atoms with E-state index in [0.717, 1.165) is 0 Å². The highest BCUT2D eigenvalue weighted by atomic mass is 16.5. The molecule has 122 valence electrons. The first kappa shape index (κ1) is 15.4. The molecule has 0 spiro atoms. The molecule has 8 nitrogen and oxygen atoms in total. The maximum absolute atomic E-state index is 12.7. The number of amides is 1. The lowest BCUT2D eigenvalue weighted by molar-refractivity contribution is -0.0587. The van der Waals surface area contributed by atoms with E-state index in [2.05, 4.69) is 9.97 Å². The van der Waals surface area contributed by atoms with Gasteiger partial charge in [-0.2, -0.15) is 0 Å². The highest BCUT2D eigenvalue weighted by Gasteiger charge is 2.27. The average molecular weight is 318 g/mol. The van der Waals surface area contributed by atoms with Crippen molar-refractivity contribution in [1.82, 2.24) is 19.4 Å². The van der Waals surface area contributed by atoms with Crippen LogP contribution in [-0.2, 0) is 11.8 Å². The quantitative estimate of drug-likeness (QED) is 0.790. The third-order valence-corrected chi connectivity index (χ3v) is 3.89. The van der Waals surface area contributed by atoms with Crippen LogP contribution in [0, 0.1) is 0 Å². The van der Waals surface area contributed by atoms with Gasteiger partial charge in [-0.25, -0.2) is 9.78 Å². The number of nitrogens with one attached hydrogen (secondary N) is 1. The molecule has 23 heavy (non-hydrogen) atoms. The second-order valence-electron chi connectivity index (χ2n) is 5.85. The fraction of sp³-hybridized carbons (Fsp3) is 0.467. The largest absolute Gasteiger partial charge is 0.372 e. The number of carbonyl (C=O) groups is 1. The molecule has 2 aromatic heterocycles. The molecule has 1 aliphatic rings. The molecule has 1 saturated heterocycles. The topological polar surface area (TPSA) is 97.3 Å². The predicted molar refractivity (Wildman–Crippen MR) is 83.5 cm³/mol. The average Bonchev–Trinajstić information content (AvgIpc) is 2.50. The van der Waals surface area contributed by atoms with Gasteiger partial charge in [0.15, 0.2) is 0 Å². The summed E-state index contributed by atoms with van der Waals surface area (Å²) in [6.45, 7) is 4.79. The summed E-state index contributed by atoms with van der Waals surface area (Å²) < 4.78 is 6.84. The van der Waals surface area contributed by atoms with Crippen molar-refractivity contribution in [2.45, 2.75) is 26.1 Å². The minimum absolute atomic E-state index is 0.0460. The Hall–Kier alpha value is -2.48. The molecule has 3 heterocycles. The van der Waals surface area contributed by atoms with Crippen molar-refractivity contribution in [3.63, 3.8) is 0 Å². The zero-order valence-electron chi connectivity index (χ0n) is 13.2. The molecular formula is C15H18N4O4. The number of ether oxygens (including phenoxy) is 1. The Morgan fingerprint density at radius 3 is 2.57 bits per heavy atom. The van der Waals surface area contributed by atoms with Crippen LogP contribution >= 0.6 is 0 Å². The van der Waals surface area contributed by atoms with Crippen molar-refractivity contribution in [3.05, 3.63) is 38.7 Å². The normalized spacial score (nSPS) is 21.6. The van der Waals surface area contributed by atoms with E-state index < -0.39 is 11.2 Å². The van der Waals surface area contributed by atoms with Gasteiger partial charge >= 0.3 is 5.69 Å². The lowest BCUT2D eigenvalue weighted by Gasteiger charge is -2.35. The van der Waals surface area contributed by atoms with Gasteiger partial charge < -0.3 is 9.64 Å². The number of aryl methyl sites for hydroxylation is 1. The summed E-state index contributed by atoms with van der Waals surface area (Å²) in [5.74, 6) is -0.235. The summed E-state index contributed by atoms with van der Waals surface area (Å²) in [5, 5.41) is 0.271. The van der Waals surface area contributed by atoms with Crippen molar-refractivity contribution >= 4 is 16.9 Å². The molecule has 1 fully saturated rings. The molecule has 0 bridgehead atoms.